The molecule has 21 heavy (non-hydrogen) atoms. The molecule has 116 valence electrons. The van der Waals surface area contributed by atoms with Gasteiger partial charge in [0.05, 0.1) is 0 Å². The largest absolute Gasteiger partial charge is 0.349 e. The van der Waals surface area contributed by atoms with Gasteiger partial charge in [-0.1, -0.05) is 6.07 Å². The van der Waals surface area contributed by atoms with Gasteiger partial charge in [-0.15, -0.1) is 0 Å². The van der Waals surface area contributed by atoms with Gasteiger partial charge in [0, 0.05) is 38.3 Å². The second-order valence-corrected chi connectivity index (χ2v) is 6.13. The fraction of sp³-hybridized carbons (Fsp3) is 0.600. The van der Waals surface area contributed by atoms with E-state index in [9.17, 15) is 9.18 Å². The van der Waals surface area contributed by atoms with Gasteiger partial charge in [0.2, 0.25) is 5.95 Å². The van der Waals surface area contributed by atoms with Crippen LogP contribution in [0, 0.1) is 5.95 Å². The topological polar surface area (TPSA) is 48.5 Å². The first-order valence-electron chi connectivity index (χ1n) is 7.23. The van der Waals surface area contributed by atoms with E-state index in [1.807, 2.05) is 0 Å². The Bertz CT molecular complexity index is 498. The molecule has 1 amide bonds. The van der Waals surface area contributed by atoms with Crippen molar-refractivity contribution in [2.45, 2.75) is 19.4 Å². The summed E-state index contributed by atoms with van der Waals surface area (Å²) in [7, 11) is 2.11. The monoisotopic (exact) mass is 294 g/mol. The molecule has 0 aliphatic carbocycles. The van der Waals surface area contributed by atoms with Crippen molar-refractivity contribution in [1.82, 2.24) is 20.1 Å². The van der Waals surface area contributed by atoms with Crippen LogP contribution in [0.3, 0.4) is 0 Å². The number of nitrogens with zero attached hydrogens (tertiary/aromatic N) is 3. The van der Waals surface area contributed by atoms with Crippen molar-refractivity contribution in [2.24, 2.45) is 0 Å². The van der Waals surface area contributed by atoms with Gasteiger partial charge >= 0.3 is 0 Å². The van der Waals surface area contributed by atoms with Gasteiger partial charge in [-0.05, 0) is 33.0 Å². The zero-order valence-electron chi connectivity index (χ0n) is 12.9. The van der Waals surface area contributed by atoms with Crippen LogP contribution in [0.4, 0.5) is 4.39 Å². The molecule has 1 saturated heterocycles. The third-order valence-corrected chi connectivity index (χ3v) is 3.99. The van der Waals surface area contributed by atoms with Crippen molar-refractivity contribution in [3.8, 4) is 0 Å². The van der Waals surface area contributed by atoms with E-state index in [1.54, 1.807) is 0 Å². The maximum Gasteiger partial charge on any atom is 0.270 e. The van der Waals surface area contributed by atoms with Crippen molar-refractivity contribution >= 4 is 5.91 Å². The Hall–Kier alpha value is -1.53. The van der Waals surface area contributed by atoms with Crippen molar-refractivity contribution in [2.75, 3.05) is 39.8 Å². The fourth-order valence-corrected chi connectivity index (χ4v) is 2.45. The number of pyridine rings is 1. The van der Waals surface area contributed by atoms with Gasteiger partial charge in [0.25, 0.3) is 5.91 Å². The zero-order valence-corrected chi connectivity index (χ0v) is 12.9. The zero-order chi connectivity index (χ0) is 15.5. The SMILES string of the molecule is CN1CCN(C(C)(C)CNC(=O)c2cccc(F)n2)CC1. The first-order valence-corrected chi connectivity index (χ1v) is 7.23. The number of carbonyl (C=O) groups is 1. The average Bonchev–Trinajstić information content (AvgIpc) is 2.45. The summed E-state index contributed by atoms with van der Waals surface area (Å²) in [5.74, 6) is -0.974. The number of amides is 1. The molecule has 0 saturated carbocycles. The van der Waals surface area contributed by atoms with E-state index in [-0.39, 0.29) is 17.1 Å². The van der Waals surface area contributed by atoms with Gasteiger partial charge in [-0.25, -0.2) is 4.98 Å². The molecule has 0 radical (unpaired) electrons. The Kier molecular flexibility index (Phi) is 4.90. The second kappa shape index (κ2) is 6.49. The van der Waals surface area contributed by atoms with Gasteiger partial charge < -0.3 is 10.2 Å². The quantitative estimate of drug-likeness (QED) is 0.841. The van der Waals surface area contributed by atoms with Crippen molar-refractivity contribution in [3.63, 3.8) is 0 Å². The number of likely N-dealkylation sites (N-methyl/N-ethyl adjacent to an activating group) is 1. The molecular formula is C15H23FN4O. The van der Waals surface area contributed by atoms with E-state index in [2.05, 4.69) is 41.0 Å². The number of hydrogen-bond acceptors (Lipinski definition) is 4. The van der Waals surface area contributed by atoms with Gasteiger partial charge in [0.1, 0.15) is 5.69 Å². The number of aromatic nitrogens is 1. The Labute approximate surface area is 125 Å². The highest BCUT2D eigenvalue weighted by Gasteiger charge is 2.29. The summed E-state index contributed by atoms with van der Waals surface area (Å²) in [5.41, 5.74) is -0.0197. The van der Waals surface area contributed by atoms with Crippen LogP contribution >= 0.6 is 0 Å². The highest BCUT2D eigenvalue weighted by atomic mass is 19.1. The lowest BCUT2D eigenvalue weighted by Crippen LogP contribution is -2.57. The first kappa shape index (κ1) is 15.9. The minimum atomic E-state index is -0.638. The maximum absolute atomic E-state index is 13.0. The van der Waals surface area contributed by atoms with Crippen LogP contribution in [0.5, 0.6) is 0 Å². The summed E-state index contributed by atoms with van der Waals surface area (Å²) in [6.07, 6.45) is 0. The summed E-state index contributed by atoms with van der Waals surface area (Å²) in [6.45, 7) is 8.75. The van der Waals surface area contributed by atoms with E-state index in [1.165, 1.54) is 18.2 Å². The second-order valence-electron chi connectivity index (χ2n) is 6.13. The van der Waals surface area contributed by atoms with Crippen molar-refractivity contribution < 1.29 is 9.18 Å². The average molecular weight is 294 g/mol. The lowest BCUT2D eigenvalue weighted by molar-refractivity contribution is 0.0586. The third-order valence-electron chi connectivity index (χ3n) is 3.99. The number of halogens is 1. The van der Waals surface area contributed by atoms with Gasteiger partial charge in [-0.3, -0.25) is 9.69 Å². The van der Waals surface area contributed by atoms with E-state index >= 15 is 0 Å². The van der Waals surface area contributed by atoms with Crippen LogP contribution in [0.2, 0.25) is 0 Å². The standard InChI is InChI=1S/C15H23FN4O/c1-15(2,20-9-7-19(3)8-10-20)11-17-14(21)12-5-4-6-13(16)18-12/h4-6H,7-11H2,1-3H3,(H,17,21). The fourth-order valence-electron chi connectivity index (χ4n) is 2.45. The molecule has 2 heterocycles. The number of nitrogens with one attached hydrogen (secondary N) is 1. The Morgan fingerprint density at radius 1 is 1.33 bits per heavy atom. The van der Waals surface area contributed by atoms with Crippen molar-refractivity contribution in [3.05, 3.63) is 29.8 Å². The summed E-state index contributed by atoms with van der Waals surface area (Å²) in [6, 6.07) is 4.23. The predicted octanol–water partition coefficient (Wildman–Crippen LogP) is 0.976. The molecule has 0 aromatic carbocycles. The summed E-state index contributed by atoms with van der Waals surface area (Å²) in [4.78, 5) is 20.3. The third kappa shape index (κ3) is 4.22. The van der Waals surface area contributed by atoms with Crippen LogP contribution in [0.1, 0.15) is 24.3 Å². The van der Waals surface area contributed by atoms with E-state index in [4.69, 9.17) is 0 Å². The van der Waals surface area contributed by atoms with E-state index in [0.717, 1.165) is 26.2 Å². The van der Waals surface area contributed by atoms with Crippen molar-refractivity contribution in [1.29, 1.82) is 0 Å². The molecule has 1 aromatic heterocycles. The smallest absolute Gasteiger partial charge is 0.270 e. The molecule has 1 N–H and O–H groups in total. The number of hydrogen-bond donors (Lipinski definition) is 1. The molecule has 0 spiro atoms. The molecule has 1 aliphatic rings. The summed E-state index contributed by atoms with van der Waals surface area (Å²) in [5, 5.41) is 2.85. The normalized spacial score (nSPS) is 17.7. The molecule has 0 atom stereocenters. The molecule has 1 aromatic rings. The highest BCUT2D eigenvalue weighted by Crippen LogP contribution is 2.15. The minimum absolute atomic E-state index is 0.115. The summed E-state index contributed by atoms with van der Waals surface area (Å²) < 4.78 is 13.0. The van der Waals surface area contributed by atoms with E-state index < -0.39 is 5.95 Å². The first-order chi connectivity index (χ1) is 9.88. The number of carbonyl (C=O) groups excluding carboxylic acids is 1. The molecule has 6 heteroatoms. The van der Waals surface area contributed by atoms with Gasteiger partial charge in [-0.2, -0.15) is 4.39 Å². The van der Waals surface area contributed by atoms with Crippen LogP contribution in [-0.4, -0.2) is 66.0 Å². The molecule has 2 rings (SSSR count). The van der Waals surface area contributed by atoms with Crippen LogP contribution in [0.25, 0.3) is 0 Å². The molecular weight excluding hydrogens is 271 g/mol. The molecule has 1 aliphatic heterocycles. The molecule has 0 unspecified atom stereocenters. The molecule has 1 fully saturated rings. The van der Waals surface area contributed by atoms with Crippen LogP contribution in [-0.2, 0) is 0 Å². The lowest BCUT2D eigenvalue weighted by atomic mass is 10.0. The minimum Gasteiger partial charge on any atom is -0.349 e. The Morgan fingerprint density at radius 2 is 2.00 bits per heavy atom. The Morgan fingerprint density at radius 3 is 2.62 bits per heavy atom. The van der Waals surface area contributed by atoms with Gasteiger partial charge in [0.15, 0.2) is 0 Å². The number of piperazine rings is 1. The molecule has 0 bridgehead atoms. The summed E-state index contributed by atoms with van der Waals surface area (Å²) >= 11 is 0. The number of rotatable bonds is 4. The maximum atomic E-state index is 13.0. The van der Waals surface area contributed by atoms with Crippen LogP contribution in [0.15, 0.2) is 18.2 Å². The highest BCUT2D eigenvalue weighted by molar-refractivity contribution is 5.92. The molecule has 5 nitrogen and oxygen atoms in total. The van der Waals surface area contributed by atoms with Crippen LogP contribution < -0.4 is 5.32 Å². The predicted molar refractivity (Wildman–Crippen MR) is 79.7 cm³/mol. The Balaban J connectivity index is 1.90. The van der Waals surface area contributed by atoms with E-state index in [0.29, 0.717) is 6.54 Å². The lowest BCUT2D eigenvalue weighted by Gasteiger charge is -2.43.